The van der Waals surface area contributed by atoms with Crippen LogP contribution in [-0.4, -0.2) is 16.8 Å². The summed E-state index contributed by atoms with van der Waals surface area (Å²) in [6, 6.07) is 0. The van der Waals surface area contributed by atoms with Crippen LogP contribution in [-0.2, 0) is 4.74 Å². The van der Waals surface area contributed by atoms with E-state index < -0.39 is 0 Å². The molecule has 2 atom stereocenters. The number of thiocarbonyl (C=S) groups is 1. The summed E-state index contributed by atoms with van der Waals surface area (Å²) in [5, 5.41) is 4.13. The van der Waals surface area contributed by atoms with Crippen LogP contribution in [0.3, 0.4) is 0 Å². The van der Waals surface area contributed by atoms with Gasteiger partial charge in [0.25, 0.3) is 5.17 Å². The zero-order valence-electron chi connectivity index (χ0n) is 8.42. The highest BCUT2D eigenvalue weighted by molar-refractivity contribution is 7.80. The highest BCUT2D eigenvalue weighted by Crippen LogP contribution is 2.47. The fourth-order valence-electron chi connectivity index (χ4n) is 3.66. The lowest BCUT2D eigenvalue weighted by Gasteiger charge is -2.44. The van der Waals surface area contributed by atoms with Gasteiger partial charge < -0.3 is 10.1 Å². The van der Waals surface area contributed by atoms with Crippen molar-refractivity contribution in [3.63, 3.8) is 0 Å². The van der Waals surface area contributed by atoms with Crippen LogP contribution in [0.15, 0.2) is 0 Å². The summed E-state index contributed by atoms with van der Waals surface area (Å²) in [5.41, 5.74) is 0.330. The SMILES string of the molecule is S=C1NC2(CCCC2)C2CCCC2O1. The number of rotatable bonds is 0. The quantitative estimate of drug-likeness (QED) is 0.622. The van der Waals surface area contributed by atoms with Crippen molar-refractivity contribution < 1.29 is 4.74 Å². The summed E-state index contributed by atoms with van der Waals surface area (Å²) in [5.74, 6) is 0.733. The molecule has 1 heterocycles. The molecule has 3 fully saturated rings. The monoisotopic (exact) mass is 211 g/mol. The Hall–Kier alpha value is -0.310. The summed E-state index contributed by atoms with van der Waals surface area (Å²) in [4.78, 5) is 0. The zero-order chi connectivity index (χ0) is 9.60. The van der Waals surface area contributed by atoms with Gasteiger partial charge in [-0.1, -0.05) is 12.8 Å². The van der Waals surface area contributed by atoms with Crippen molar-refractivity contribution in [1.29, 1.82) is 0 Å². The predicted molar refractivity (Wildman–Crippen MR) is 59.1 cm³/mol. The maximum atomic E-state index is 5.72. The van der Waals surface area contributed by atoms with Crippen LogP contribution in [0, 0.1) is 5.92 Å². The lowest BCUT2D eigenvalue weighted by molar-refractivity contribution is 0.0445. The Balaban J connectivity index is 1.90. The van der Waals surface area contributed by atoms with Crippen LogP contribution in [0.2, 0.25) is 0 Å². The molecule has 0 aromatic rings. The second kappa shape index (κ2) is 3.09. The van der Waals surface area contributed by atoms with E-state index in [-0.39, 0.29) is 0 Å². The van der Waals surface area contributed by atoms with Gasteiger partial charge >= 0.3 is 0 Å². The molecular formula is C11H17NOS. The number of hydrogen-bond donors (Lipinski definition) is 1. The molecule has 0 aromatic carbocycles. The summed E-state index contributed by atoms with van der Waals surface area (Å²) in [7, 11) is 0. The van der Waals surface area contributed by atoms with Gasteiger partial charge in [-0.3, -0.25) is 0 Å². The van der Waals surface area contributed by atoms with Gasteiger partial charge in [-0.25, -0.2) is 0 Å². The number of ether oxygens (including phenoxy) is 1. The highest BCUT2D eigenvalue weighted by Gasteiger charge is 2.51. The molecule has 78 valence electrons. The van der Waals surface area contributed by atoms with Crippen LogP contribution < -0.4 is 5.32 Å². The number of nitrogens with one attached hydrogen (secondary N) is 1. The third kappa shape index (κ3) is 1.18. The minimum Gasteiger partial charge on any atom is -0.467 e. The van der Waals surface area contributed by atoms with Crippen molar-refractivity contribution in [2.24, 2.45) is 5.92 Å². The first-order valence-corrected chi connectivity index (χ1v) is 6.20. The predicted octanol–water partition coefficient (Wildman–Crippen LogP) is 2.37. The van der Waals surface area contributed by atoms with E-state index in [1.54, 1.807) is 0 Å². The molecule has 0 bridgehead atoms. The molecule has 0 amide bonds. The molecule has 2 saturated carbocycles. The molecule has 2 unspecified atom stereocenters. The summed E-state index contributed by atoms with van der Waals surface area (Å²) in [6.45, 7) is 0. The maximum Gasteiger partial charge on any atom is 0.257 e. The number of hydrogen-bond acceptors (Lipinski definition) is 2. The Morgan fingerprint density at radius 1 is 1.21 bits per heavy atom. The van der Waals surface area contributed by atoms with E-state index in [2.05, 4.69) is 5.32 Å². The van der Waals surface area contributed by atoms with E-state index in [9.17, 15) is 0 Å². The average molecular weight is 211 g/mol. The number of fused-ring (bicyclic) bond motifs is 2. The van der Waals surface area contributed by atoms with Gasteiger partial charge in [0.05, 0.1) is 0 Å². The third-order valence-corrected chi connectivity index (χ3v) is 4.47. The molecule has 2 nitrogen and oxygen atoms in total. The Kier molecular flexibility index (Phi) is 1.98. The van der Waals surface area contributed by atoms with E-state index in [1.807, 2.05) is 0 Å². The Morgan fingerprint density at radius 3 is 2.79 bits per heavy atom. The topological polar surface area (TPSA) is 21.3 Å². The first kappa shape index (κ1) is 8.96. The second-order valence-electron chi connectivity index (χ2n) is 4.97. The summed E-state index contributed by atoms with van der Waals surface area (Å²) in [6.07, 6.45) is 9.63. The molecule has 2 aliphatic carbocycles. The largest absolute Gasteiger partial charge is 0.467 e. The Bertz CT molecular complexity index is 260. The first-order chi connectivity index (χ1) is 6.80. The molecule has 3 heteroatoms. The summed E-state index contributed by atoms with van der Waals surface area (Å²) >= 11 is 5.21. The molecule has 1 spiro atoms. The average Bonchev–Trinajstić information content (AvgIpc) is 2.73. The minimum absolute atomic E-state index is 0.330. The lowest BCUT2D eigenvalue weighted by atomic mass is 9.79. The minimum atomic E-state index is 0.330. The van der Waals surface area contributed by atoms with Crippen molar-refractivity contribution in [1.82, 2.24) is 5.32 Å². The van der Waals surface area contributed by atoms with Gasteiger partial charge in [0, 0.05) is 11.5 Å². The van der Waals surface area contributed by atoms with E-state index in [1.165, 1.54) is 44.9 Å². The van der Waals surface area contributed by atoms with Crippen LogP contribution in [0.5, 0.6) is 0 Å². The molecule has 1 N–H and O–H groups in total. The van der Waals surface area contributed by atoms with Gasteiger partial charge in [0.2, 0.25) is 0 Å². The van der Waals surface area contributed by atoms with Crippen molar-refractivity contribution in [3.8, 4) is 0 Å². The fourth-order valence-corrected chi connectivity index (χ4v) is 3.99. The molecule has 3 aliphatic rings. The Labute approximate surface area is 90.4 Å². The van der Waals surface area contributed by atoms with Crippen LogP contribution in [0.1, 0.15) is 44.9 Å². The van der Waals surface area contributed by atoms with Crippen molar-refractivity contribution in [3.05, 3.63) is 0 Å². The van der Waals surface area contributed by atoms with E-state index in [4.69, 9.17) is 17.0 Å². The first-order valence-electron chi connectivity index (χ1n) is 5.79. The molecule has 1 saturated heterocycles. The summed E-state index contributed by atoms with van der Waals surface area (Å²) < 4.78 is 5.72. The highest BCUT2D eigenvalue weighted by atomic mass is 32.1. The smallest absolute Gasteiger partial charge is 0.257 e. The second-order valence-corrected chi connectivity index (χ2v) is 5.34. The normalized spacial score (nSPS) is 39.3. The van der Waals surface area contributed by atoms with Crippen LogP contribution >= 0.6 is 12.2 Å². The molecule has 3 rings (SSSR count). The molecule has 14 heavy (non-hydrogen) atoms. The van der Waals surface area contributed by atoms with E-state index in [0.29, 0.717) is 16.8 Å². The lowest BCUT2D eigenvalue weighted by Crippen LogP contribution is -2.59. The van der Waals surface area contributed by atoms with Gasteiger partial charge in [0.15, 0.2) is 0 Å². The van der Waals surface area contributed by atoms with Crippen molar-refractivity contribution in [2.75, 3.05) is 0 Å². The van der Waals surface area contributed by atoms with E-state index >= 15 is 0 Å². The van der Waals surface area contributed by atoms with Crippen molar-refractivity contribution >= 4 is 17.4 Å². The van der Waals surface area contributed by atoms with Crippen LogP contribution in [0.25, 0.3) is 0 Å². The van der Waals surface area contributed by atoms with Gasteiger partial charge in [-0.15, -0.1) is 0 Å². The molecule has 0 aromatic heterocycles. The third-order valence-electron chi connectivity index (χ3n) is 4.27. The van der Waals surface area contributed by atoms with E-state index in [0.717, 1.165) is 5.92 Å². The van der Waals surface area contributed by atoms with Gasteiger partial charge in [-0.05, 0) is 44.3 Å². The molecule has 0 radical (unpaired) electrons. The van der Waals surface area contributed by atoms with Gasteiger partial charge in [-0.2, -0.15) is 0 Å². The van der Waals surface area contributed by atoms with Gasteiger partial charge in [0.1, 0.15) is 6.10 Å². The molecule has 1 aliphatic heterocycles. The van der Waals surface area contributed by atoms with Crippen LogP contribution in [0.4, 0.5) is 0 Å². The standard InChI is InChI=1S/C11H17NOS/c14-10-12-11(6-1-2-7-11)8-4-3-5-9(8)13-10/h8-9H,1-7H2,(H,12,14). The Morgan fingerprint density at radius 2 is 2.00 bits per heavy atom. The maximum absolute atomic E-state index is 5.72. The molecular weight excluding hydrogens is 194 g/mol. The zero-order valence-corrected chi connectivity index (χ0v) is 9.24. The van der Waals surface area contributed by atoms with Crippen molar-refractivity contribution in [2.45, 2.75) is 56.6 Å². The fraction of sp³-hybridized carbons (Fsp3) is 0.909.